The number of rotatable bonds is 4. The highest BCUT2D eigenvalue weighted by Crippen LogP contribution is 2.18. The van der Waals surface area contributed by atoms with Crippen molar-refractivity contribution in [3.63, 3.8) is 0 Å². The van der Waals surface area contributed by atoms with Crippen LogP contribution in [0.15, 0.2) is 5.38 Å². The van der Waals surface area contributed by atoms with Gasteiger partial charge < -0.3 is 4.90 Å². The fourth-order valence-corrected chi connectivity index (χ4v) is 3.54. The van der Waals surface area contributed by atoms with Gasteiger partial charge in [-0.3, -0.25) is 0 Å². The summed E-state index contributed by atoms with van der Waals surface area (Å²) in [5.41, 5.74) is 1.17. The van der Waals surface area contributed by atoms with Crippen molar-refractivity contribution in [1.29, 1.82) is 0 Å². The molecule has 1 unspecified atom stereocenters. The van der Waals surface area contributed by atoms with Crippen LogP contribution < -0.4 is 0 Å². The van der Waals surface area contributed by atoms with Gasteiger partial charge in [-0.25, -0.2) is 4.98 Å². The number of hydrogen-bond acceptors (Lipinski definition) is 3. The monoisotopic (exact) mass is 302 g/mol. The Bertz CT molecular complexity index is 327. The molecule has 1 saturated heterocycles. The summed E-state index contributed by atoms with van der Waals surface area (Å²) in [7, 11) is 0. The van der Waals surface area contributed by atoms with Crippen molar-refractivity contribution in [3.8, 4) is 0 Å². The van der Waals surface area contributed by atoms with Crippen LogP contribution in [0.3, 0.4) is 0 Å². The van der Waals surface area contributed by atoms with Gasteiger partial charge in [-0.05, 0) is 26.3 Å². The van der Waals surface area contributed by atoms with Crippen LogP contribution in [0.5, 0.6) is 0 Å². The number of aromatic nitrogens is 1. The molecule has 1 aromatic heterocycles. The van der Waals surface area contributed by atoms with E-state index in [1.165, 1.54) is 43.1 Å². The summed E-state index contributed by atoms with van der Waals surface area (Å²) in [4.78, 5) is 7.19. The summed E-state index contributed by atoms with van der Waals surface area (Å²) in [6, 6.07) is 0.768. The highest BCUT2D eigenvalue weighted by molar-refractivity contribution is 9.08. The van der Waals surface area contributed by atoms with Crippen LogP contribution in [0.1, 0.15) is 36.9 Å². The second-order valence-electron chi connectivity index (χ2n) is 4.50. The average molecular weight is 303 g/mol. The van der Waals surface area contributed by atoms with Crippen LogP contribution >= 0.6 is 27.3 Å². The van der Waals surface area contributed by atoms with Crippen molar-refractivity contribution in [1.82, 2.24) is 9.88 Å². The fraction of sp³-hybridized carbons (Fsp3) is 0.750. The van der Waals surface area contributed by atoms with Gasteiger partial charge in [0.05, 0.1) is 10.7 Å². The van der Waals surface area contributed by atoms with Gasteiger partial charge in [0.15, 0.2) is 0 Å². The molecule has 4 heteroatoms. The molecule has 2 heterocycles. The average Bonchev–Trinajstić information content (AvgIpc) is 2.76. The Labute approximate surface area is 110 Å². The number of thiazole rings is 1. The lowest BCUT2D eigenvalue weighted by molar-refractivity contribution is 0.163. The van der Waals surface area contributed by atoms with Crippen molar-refractivity contribution >= 4 is 27.3 Å². The molecule has 1 atom stereocenters. The zero-order valence-corrected chi connectivity index (χ0v) is 12.2. The summed E-state index contributed by atoms with van der Waals surface area (Å²) in [5, 5.41) is 4.32. The summed E-state index contributed by atoms with van der Waals surface area (Å²) < 4.78 is 0. The molecule has 0 aliphatic carbocycles. The molecule has 1 aliphatic heterocycles. The van der Waals surface area contributed by atoms with Crippen molar-refractivity contribution < 1.29 is 0 Å². The Kier molecular flexibility index (Phi) is 4.79. The minimum Gasteiger partial charge on any atom is -0.300 e. The van der Waals surface area contributed by atoms with E-state index in [9.17, 15) is 0 Å². The number of nitrogens with zero attached hydrogens (tertiary/aromatic N) is 2. The first-order chi connectivity index (χ1) is 7.79. The number of piperidine rings is 1. The van der Waals surface area contributed by atoms with Crippen LogP contribution in [0.2, 0.25) is 0 Å². The molecule has 1 fully saturated rings. The van der Waals surface area contributed by atoms with Gasteiger partial charge in [-0.1, -0.05) is 22.4 Å². The molecule has 16 heavy (non-hydrogen) atoms. The summed E-state index contributed by atoms with van der Waals surface area (Å²) in [5.74, 6) is 0. The molecule has 0 N–H and O–H groups in total. The molecule has 0 spiro atoms. The maximum atomic E-state index is 4.58. The van der Waals surface area contributed by atoms with Crippen molar-refractivity contribution in [2.24, 2.45) is 0 Å². The van der Waals surface area contributed by atoms with Gasteiger partial charge in [0.2, 0.25) is 0 Å². The van der Waals surface area contributed by atoms with E-state index in [1.54, 1.807) is 11.3 Å². The van der Waals surface area contributed by atoms with Crippen molar-refractivity contribution in [2.45, 2.75) is 44.0 Å². The van der Waals surface area contributed by atoms with E-state index < -0.39 is 0 Å². The molecule has 2 nitrogen and oxygen atoms in total. The largest absolute Gasteiger partial charge is 0.300 e. The van der Waals surface area contributed by atoms with Crippen molar-refractivity contribution in [3.05, 3.63) is 16.1 Å². The molecule has 0 bridgehead atoms. The lowest BCUT2D eigenvalue weighted by atomic mass is 10.0. The third-order valence-corrected chi connectivity index (χ3v) is 4.82. The second-order valence-corrected chi connectivity index (χ2v) is 6.00. The Morgan fingerprint density at radius 2 is 2.44 bits per heavy atom. The number of halogens is 1. The van der Waals surface area contributed by atoms with E-state index in [-0.39, 0.29) is 0 Å². The van der Waals surface area contributed by atoms with E-state index in [0.29, 0.717) is 0 Å². The van der Waals surface area contributed by atoms with Gasteiger partial charge in [0.25, 0.3) is 0 Å². The Morgan fingerprint density at radius 3 is 3.12 bits per heavy atom. The quantitative estimate of drug-likeness (QED) is 0.792. The zero-order valence-electron chi connectivity index (χ0n) is 9.79. The maximum Gasteiger partial charge on any atom is 0.0941 e. The standard InChI is InChI=1S/C12H19BrN2S/c1-10-4-2-3-6-15(10)7-5-12-14-11(8-13)9-16-12/h9-10H,2-8H2,1H3. The Morgan fingerprint density at radius 1 is 1.56 bits per heavy atom. The lowest BCUT2D eigenvalue weighted by Crippen LogP contribution is -2.38. The number of likely N-dealkylation sites (tertiary alicyclic amines) is 1. The number of alkyl halides is 1. The van der Waals surface area contributed by atoms with Gasteiger partial charge in [-0.15, -0.1) is 11.3 Å². The van der Waals surface area contributed by atoms with Crippen LogP contribution in [-0.2, 0) is 11.8 Å². The van der Waals surface area contributed by atoms with Gasteiger partial charge >= 0.3 is 0 Å². The van der Waals surface area contributed by atoms with E-state index in [4.69, 9.17) is 0 Å². The Balaban J connectivity index is 1.81. The van der Waals surface area contributed by atoms with Crippen LogP contribution in [0.4, 0.5) is 0 Å². The highest BCUT2D eigenvalue weighted by Gasteiger charge is 2.17. The molecule has 1 aliphatic rings. The molecule has 1 aromatic rings. The minimum absolute atomic E-state index is 0.768. The lowest BCUT2D eigenvalue weighted by Gasteiger charge is -2.32. The molecular weight excluding hydrogens is 284 g/mol. The highest BCUT2D eigenvalue weighted by atomic mass is 79.9. The van der Waals surface area contributed by atoms with Crippen LogP contribution in [-0.4, -0.2) is 29.0 Å². The Hall–Kier alpha value is 0.0700. The third kappa shape index (κ3) is 3.28. The second kappa shape index (κ2) is 6.12. The van der Waals surface area contributed by atoms with Crippen molar-refractivity contribution in [2.75, 3.05) is 13.1 Å². The van der Waals surface area contributed by atoms with Gasteiger partial charge in [0, 0.05) is 29.7 Å². The SMILES string of the molecule is CC1CCCCN1CCc1nc(CBr)cs1. The van der Waals surface area contributed by atoms with Gasteiger partial charge in [-0.2, -0.15) is 0 Å². The predicted octanol–water partition coefficient (Wildman–Crippen LogP) is 3.45. The third-order valence-electron chi connectivity index (χ3n) is 3.29. The normalized spacial score (nSPS) is 22.5. The molecular formula is C12H19BrN2S. The summed E-state index contributed by atoms with van der Waals surface area (Å²) in [6.07, 6.45) is 5.25. The van der Waals surface area contributed by atoms with Crippen LogP contribution in [0.25, 0.3) is 0 Å². The van der Waals surface area contributed by atoms with E-state index >= 15 is 0 Å². The predicted molar refractivity (Wildman–Crippen MR) is 73.3 cm³/mol. The van der Waals surface area contributed by atoms with E-state index in [0.717, 1.165) is 17.8 Å². The first kappa shape index (κ1) is 12.5. The first-order valence-corrected chi connectivity index (χ1v) is 8.03. The van der Waals surface area contributed by atoms with Crippen LogP contribution in [0, 0.1) is 0 Å². The molecule has 2 rings (SSSR count). The molecule has 90 valence electrons. The maximum absolute atomic E-state index is 4.58. The molecule has 0 saturated carbocycles. The summed E-state index contributed by atoms with van der Waals surface area (Å²) >= 11 is 5.24. The van der Waals surface area contributed by atoms with Gasteiger partial charge in [0.1, 0.15) is 0 Å². The topological polar surface area (TPSA) is 16.1 Å². The molecule has 0 amide bonds. The molecule has 0 aromatic carbocycles. The van der Waals surface area contributed by atoms with E-state index in [1.807, 2.05) is 0 Å². The fourth-order valence-electron chi connectivity index (χ4n) is 2.25. The van der Waals surface area contributed by atoms with E-state index in [2.05, 4.69) is 38.1 Å². The minimum atomic E-state index is 0.768. The summed E-state index contributed by atoms with van der Waals surface area (Å²) in [6.45, 7) is 4.80. The zero-order chi connectivity index (χ0) is 11.4. The number of hydrogen-bond donors (Lipinski definition) is 0. The first-order valence-electron chi connectivity index (χ1n) is 6.03. The smallest absolute Gasteiger partial charge is 0.0941 e. The molecule has 0 radical (unpaired) electrons.